The minimum absolute atomic E-state index is 0.121. The van der Waals surface area contributed by atoms with Crippen LogP contribution in [0, 0.1) is 11.6 Å². The number of β-lactam (4-membered cyclic amide) rings is 1. The Hall–Kier alpha value is -2.79. The highest BCUT2D eigenvalue weighted by Crippen LogP contribution is 2.45. The van der Waals surface area contributed by atoms with Crippen molar-refractivity contribution in [3.8, 4) is 5.75 Å². The summed E-state index contributed by atoms with van der Waals surface area (Å²) in [7, 11) is 2.64. The van der Waals surface area contributed by atoms with E-state index in [1.165, 1.54) is 4.90 Å². The Bertz CT molecular complexity index is 1090. The third kappa shape index (κ3) is 3.51. The molecule has 5 nitrogen and oxygen atoms in total. The van der Waals surface area contributed by atoms with Gasteiger partial charge in [0.25, 0.3) is 5.91 Å². The van der Waals surface area contributed by atoms with E-state index < -0.39 is 17.7 Å². The molecule has 1 aliphatic heterocycles. The smallest absolute Gasteiger partial charge is 0.256 e. The van der Waals surface area contributed by atoms with Crippen LogP contribution in [0.25, 0.3) is 11.0 Å². The number of H-pyrrole nitrogens is 1. The van der Waals surface area contributed by atoms with Gasteiger partial charge in [-0.1, -0.05) is 13.5 Å². The predicted molar refractivity (Wildman–Crippen MR) is 111 cm³/mol. The van der Waals surface area contributed by atoms with Gasteiger partial charge in [0.05, 0.1) is 35.6 Å². The minimum atomic E-state index is -0.913. The Morgan fingerprint density at radius 1 is 1.31 bits per heavy atom. The normalized spacial score (nSPS) is 17.5. The molecule has 1 fully saturated rings. The molecular formula is C21H20F2N3O2P. The molecule has 2 aromatic carbocycles. The van der Waals surface area contributed by atoms with Crippen molar-refractivity contribution in [2.24, 2.45) is 0 Å². The van der Waals surface area contributed by atoms with E-state index in [9.17, 15) is 13.6 Å². The summed E-state index contributed by atoms with van der Waals surface area (Å²) in [5.74, 6) is -1.80. The maximum absolute atomic E-state index is 14.8. The molecule has 1 N–H and O–H groups in total. The maximum atomic E-state index is 14.8. The first-order chi connectivity index (χ1) is 13.9. The molecule has 3 aromatic rings. The first-order valence-electron chi connectivity index (χ1n) is 9.19. The van der Waals surface area contributed by atoms with E-state index in [0.29, 0.717) is 18.0 Å². The second-order valence-corrected chi connectivity index (χ2v) is 8.26. The van der Waals surface area contributed by atoms with Gasteiger partial charge in [-0.2, -0.15) is 0 Å². The highest BCUT2D eigenvalue weighted by Gasteiger charge is 2.45. The van der Waals surface area contributed by atoms with E-state index in [0.717, 1.165) is 29.6 Å². The second-order valence-electron chi connectivity index (χ2n) is 7.12. The summed E-state index contributed by atoms with van der Waals surface area (Å²) >= 11 is 0. The molecule has 3 atom stereocenters. The molecule has 1 aromatic heterocycles. The number of benzene rings is 2. The number of hydrogen-bond acceptors (Lipinski definition) is 3. The fraction of sp³-hybridized carbons (Fsp3) is 0.238. The fourth-order valence-electron chi connectivity index (χ4n) is 3.39. The number of ether oxygens (including phenoxy) is 1. The van der Waals surface area contributed by atoms with Gasteiger partial charge in [0.15, 0.2) is 0 Å². The van der Waals surface area contributed by atoms with Gasteiger partial charge in [0, 0.05) is 23.4 Å². The van der Waals surface area contributed by atoms with Gasteiger partial charge in [0.1, 0.15) is 17.4 Å². The van der Waals surface area contributed by atoms with Crippen LogP contribution < -0.4 is 9.64 Å². The largest absolute Gasteiger partial charge is 0.493 e. The summed E-state index contributed by atoms with van der Waals surface area (Å²) < 4.78 is 35.1. The van der Waals surface area contributed by atoms with Gasteiger partial charge >= 0.3 is 0 Å². The molecule has 4 rings (SSSR count). The molecule has 0 saturated carbocycles. The SMILES string of the molecule is C=C1C(=O)N(c2ccc3nc[nH]c3c2)C1c1c(F)cc(OCCC(C)P)cc1F. The number of amides is 1. The topological polar surface area (TPSA) is 58.2 Å². The van der Waals surface area contributed by atoms with Crippen LogP contribution in [0.2, 0.25) is 0 Å². The molecule has 1 amide bonds. The van der Waals surface area contributed by atoms with E-state index in [1.54, 1.807) is 24.5 Å². The second kappa shape index (κ2) is 7.56. The molecule has 1 saturated heterocycles. The van der Waals surface area contributed by atoms with Crippen LogP contribution in [0.4, 0.5) is 14.5 Å². The van der Waals surface area contributed by atoms with Gasteiger partial charge in [-0.3, -0.25) is 9.69 Å². The number of aromatic amines is 1. The lowest BCUT2D eigenvalue weighted by molar-refractivity contribution is -0.119. The van der Waals surface area contributed by atoms with Crippen LogP contribution in [0.3, 0.4) is 0 Å². The van der Waals surface area contributed by atoms with Crippen LogP contribution in [-0.2, 0) is 4.79 Å². The lowest BCUT2D eigenvalue weighted by atomic mass is 9.87. The summed E-state index contributed by atoms with van der Waals surface area (Å²) in [6, 6.07) is 6.54. The summed E-state index contributed by atoms with van der Waals surface area (Å²) in [5, 5.41) is 0. The van der Waals surface area contributed by atoms with Crippen molar-refractivity contribution in [3.05, 3.63) is 66.0 Å². The molecular weight excluding hydrogens is 395 g/mol. The number of fused-ring (bicyclic) bond motifs is 1. The van der Waals surface area contributed by atoms with Crippen molar-refractivity contribution < 1.29 is 18.3 Å². The van der Waals surface area contributed by atoms with Crippen molar-refractivity contribution in [1.29, 1.82) is 0 Å². The number of nitrogens with one attached hydrogen (secondary N) is 1. The average Bonchev–Trinajstić information content (AvgIpc) is 3.14. The van der Waals surface area contributed by atoms with Crippen LogP contribution in [-0.4, -0.2) is 28.1 Å². The van der Waals surface area contributed by atoms with Crippen LogP contribution >= 0.6 is 9.24 Å². The number of hydrogen-bond donors (Lipinski definition) is 1. The zero-order chi connectivity index (χ0) is 20.7. The third-order valence-corrected chi connectivity index (χ3v) is 5.27. The molecule has 0 radical (unpaired) electrons. The molecule has 29 heavy (non-hydrogen) atoms. The number of carbonyl (C=O) groups excluding carboxylic acids is 1. The molecule has 0 bridgehead atoms. The summed E-state index contributed by atoms with van der Waals surface area (Å²) in [6.07, 6.45) is 2.28. The number of carbonyl (C=O) groups is 1. The number of imidazole rings is 1. The number of aromatic nitrogens is 2. The quantitative estimate of drug-likeness (QED) is 0.366. The standard InChI is InChI=1S/C21H20F2N3O2P/c1-11(29)5-6-28-14-8-15(22)19(16(23)9-14)20-12(2)21(27)26(20)13-3-4-17-18(7-13)25-10-24-17/h3-4,7-11,20H,2,5-6,29H2,1H3,(H,24,25). The Morgan fingerprint density at radius 3 is 2.72 bits per heavy atom. The van der Waals surface area contributed by atoms with Gasteiger partial charge in [0.2, 0.25) is 0 Å². The number of rotatable bonds is 6. The van der Waals surface area contributed by atoms with E-state index >= 15 is 0 Å². The van der Waals surface area contributed by atoms with Gasteiger partial charge in [-0.25, -0.2) is 13.8 Å². The molecule has 3 unspecified atom stereocenters. The van der Waals surface area contributed by atoms with E-state index in [-0.39, 0.29) is 22.8 Å². The Morgan fingerprint density at radius 2 is 2.03 bits per heavy atom. The van der Waals surface area contributed by atoms with Crippen molar-refractivity contribution in [2.75, 3.05) is 11.5 Å². The number of halogens is 2. The molecule has 8 heteroatoms. The first-order valence-corrected chi connectivity index (χ1v) is 9.86. The van der Waals surface area contributed by atoms with Gasteiger partial charge in [-0.15, -0.1) is 9.24 Å². The lowest BCUT2D eigenvalue weighted by Crippen LogP contribution is -2.49. The zero-order valence-corrected chi connectivity index (χ0v) is 16.9. The molecule has 1 aliphatic rings. The van der Waals surface area contributed by atoms with Crippen LogP contribution in [0.1, 0.15) is 24.9 Å². The Balaban J connectivity index is 1.65. The number of anilines is 1. The molecule has 150 valence electrons. The van der Waals surface area contributed by atoms with Gasteiger partial charge < -0.3 is 9.72 Å². The highest BCUT2D eigenvalue weighted by molar-refractivity contribution is 7.17. The van der Waals surface area contributed by atoms with E-state index in [2.05, 4.69) is 25.8 Å². The third-order valence-electron chi connectivity index (χ3n) is 4.93. The maximum Gasteiger partial charge on any atom is 0.256 e. The van der Waals surface area contributed by atoms with Gasteiger partial charge in [-0.05, 0) is 30.3 Å². The van der Waals surface area contributed by atoms with Crippen LogP contribution in [0.5, 0.6) is 5.75 Å². The minimum Gasteiger partial charge on any atom is -0.493 e. The zero-order valence-electron chi connectivity index (χ0n) is 15.8. The summed E-state index contributed by atoms with van der Waals surface area (Å²) in [5.41, 5.74) is 2.23. The Kier molecular flexibility index (Phi) is 5.09. The molecule has 0 aliphatic carbocycles. The highest BCUT2D eigenvalue weighted by atomic mass is 31.0. The predicted octanol–water partition coefficient (Wildman–Crippen LogP) is 4.52. The summed E-state index contributed by atoms with van der Waals surface area (Å²) in [6.45, 7) is 6.08. The molecule has 0 spiro atoms. The lowest BCUT2D eigenvalue weighted by Gasteiger charge is -2.42. The van der Waals surface area contributed by atoms with E-state index in [4.69, 9.17) is 4.74 Å². The molecule has 2 heterocycles. The summed E-state index contributed by atoms with van der Waals surface area (Å²) in [4.78, 5) is 20.9. The van der Waals surface area contributed by atoms with Crippen molar-refractivity contribution >= 4 is 31.9 Å². The van der Waals surface area contributed by atoms with Crippen molar-refractivity contribution in [1.82, 2.24) is 9.97 Å². The average molecular weight is 415 g/mol. The van der Waals surface area contributed by atoms with E-state index in [1.807, 2.05) is 6.92 Å². The van der Waals surface area contributed by atoms with Crippen LogP contribution in [0.15, 0.2) is 48.8 Å². The van der Waals surface area contributed by atoms with Crippen molar-refractivity contribution in [3.63, 3.8) is 0 Å². The van der Waals surface area contributed by atoms with Crippen molar-refractivity contribution in [2.45, 2.75) is 25.0 Å². The monoisotopic (exact) mass is 415 g/mol. The number of nitrogens with zero attached hydrogens (tertiary/aromatic N) is 2. The first kappa shape index (κ1) is 19.5. The Labute approximate surface area is 169 Å². The fourth-order valence-corrected chi connectivity index (χ4v) is 3.53.